The van der Waals surface area contributed by atoms with Crippen molar-refractivity contribution in [3.05, 3.63) is 65.2 Å². The lowest BCUT2D eigenvalue weighted by atomic mass is 9.87. The highest BCUT2D eigenvalue weighted by molar-refractivity contribution is 5.97. The van der Waals surface area contributed by atoms with Crippen molar-refractivity contribution in [1.82, 2.24) is 10.6 Å². The van der Waals surface area contributed by atoms with Crippen molar-refractivity contribution < 1.29 is 24.2 Å². The van der Waals surface area contributed by atoms with Gasteiger partial charge in [0.05, 0.1) is 13.7 Å². The zero-order valence-corrected chi connectivity index (χ0v) is 17.0. The maximum atomic E-state index is 12.2. The molecule has 29 heavy (non-hydrogen) atoms. The van der Waals surface area contributed by atoms with Gasteiger partial charge in [-0.15, -0.1) is 0 Å². The second kappa shape index (κ2) is 9.23. The summed E-state index contributed by atoms with van der Waals surface area (Å²) in [4.78, 5) is 35.9. The largest absolute Gasteiger partial charge is 0.497 e. The minimum absolute atomic E-state index is 0.0256. The van der Waals surface area contributed by atoms with E-state index in [1.165, 1.54) is 7.11 Å². The number of nitrogens with one attached hydrogen (secondary N) is 2. The van der Waals surface area contributed by atoms with E-state index in [1.807, 2.05) is 12.1 Å². The Balaban J connectivity index is 1.96. The Labute approximate surface area is 170 Å². The average Bonchev–Trinajstić information content (AvgIpc) is 2.69. The quantitative estimate of drug-likeness (QED) is 0.665. The molecule has 0 radical (unpaired) electrons. The van der Waals surface area contributed by atoms with E-state index in [4.69, 9.17) is 4.74 Å². The summed E-state index contributed by atoms with van der Waals surface area (Å²) in [5, 5.41) is 14.3. The van der Waals surface area contributed by atoms with E-state index in [9.17, 15) is 19.5 Å². The fourth-order valence-electron chi connectivity index (χ4n) is 2.68. The number of carbonyl (C=O) groups excluding carboxylic acids is 2. The van der Waals surface area contributed by atoms with Gasteiger partial charge in [0.1, 0.15) is 5.75 Å². The first-order valence-corrected chi connectivity index (χ1v) is 9.16. The van der Waals surface area contributed by atoms with E-state index in [0.29, 0.717) is 16.9 Å². The molecule has 0 saturated heterocycles. The van der Waals surface area contributed by atoms with Crippen molar-refractivity contribution >= 4 is 17.8 Å². The molecule has 0 bridgehead atoms. The van der Waals surface area contributed by atoms with E-state index in [2.05, 4.69) is 31.4 Å². The second-order valence-corrected chi connectivity index (χ2v) is 7.62. The monoisotopic (exact) mass is 398 g/mol. The Hall–Kier alpha value is -3.35. The molecule has 0 saturated carbocycles. The number of hydrogen-bond donors (Lipinski definition) is 3. The van der Waals surface area contributed by atoms with Gasteiger partial charge in [-0.25, -0.2) is 4.79 Å². The van der Waals surface area contributed by atoms with Gasteiger partial charge in [-0.3, -0.25) is 9.59 Å². The average molecular weight is 398 g/mol. The van der Waals surface area contributed by atoms with Gasteiger partial charge in [-0.05, 0) is 40.8 Å². The van der Waals surface area contributed by atoms with Crippen LogP contribution in [-0.4, -0.2) is 36.5 Å². The van der Waals surface area contributed by atoms with E-state index >= 15 is 0 Å². The molecule has 1 unspecified atom stereocenters. The van der Waals surface area contributed by atoms with Crippen molar-refractivity contribution in [3.8, 4) is 5.75 Å². The summed E-state index contributed by atoms with van der Waals surface area (Å²) >= 11 is 0. The number of methoxy groups -OCH3 is 1. The first-order valence-electron chi connectivity index (χ1n) is 9.16. The molecule has 7 heteroatoms. The lowest BCUT2D eigenvalue weighted by molar-refractivity contribution is -0.141. The molecular weight excluding hydrogens is 372 g/mol. The number of carbonyl (C=O) groups is 3. The van der Waals surface area contributed by atoms with Crippen LogP contribution in [0.5, 0.6) is 5.75 Å². The molecule has 154 valence electrons. The number of carboxylic acid groups (broad SMARTS) is 1. The zero-order valence-electron chi connectivity index (χ0n) is 17.0. The molecule has 0 aliphatic heterocycles. The molecule has 0 aliphatic rings. The van der Waals surface area contributed by atoms with Crippen LogP contribution in [0.15, 0.2) is 48.5 Å². The van der Waals surface area contributed by atoms with Crippen molar-refractivity contribution in [3.63, 3.8) is 0 Å². The van der Waals surface area contributed by atoms with Crippen LogP contribution in [0.1, 0.15) is 48.3 Å². The molecule has 0 aromatic heterocycles. The topological polar surface area (TPSA) is 105 Å². The molecule has 0 spiro atoms. The summed E-state index contributed by atoms with van der Waals surface area (Å²) in [6.45, 7) is 5.90. The number of carboxylic acids is 1. The highest BCUT2D eigenvalue weighted by Gasteiger charge is 2.22. The zero-order chi connectivity index (χ0) is 21.6. The third-order valence-corrected chi connectivity index (χ3v) is 4.42. The Morgan fingerprint density at radius 2 is 1.59 bits per heavy atom. The molecule has 2 aromatic carbocycles. The molecule has 7 nitrogen and oxygen atoms in total. The van der Waals surface area contributed by atoms with Crippen LogP contribution >= 0.6 is 0 Å². The van der Waals surface area contributed by atoms with Gasteiger partial charge in [0.15, 0.2) is 6.04 Å². The third-order valence-electron chi connectivity index (χ3n) is 4.42. The van der Waals surface area contributed by atoms with Crippen molar-refractivity contribution in [2.45, 2.75) is 32.2 Å². The highest BCUT2D eigenvalue weighted by Crippen LogP contribution is 2.22. The maximum absolute atomic E-state index is 12.2. The molecule has 2 aromatic rings. The van der Waals surface area contributed by atoms with Gasteiger partial charge < -0.3 is 20.5 Å². The fraction of sp³-hybridized carbons (Fsp3) is 0.318. The first-order chi connectivity index (χ1) is 13.6. The lowest BCUT2D eigenvalue weighted by Crippen LogP contribution is -2.41. The van der Waals surface area contributed by atoms with Crippen LogP contribution in [0.4, 0.5) is 0 Å². The summed E-state index contributed by atoms with van der Waals surface area (Å²) in [5.41, 5.74) is 1.89. The number of ether oxygens (including phenoxy) is 1. The number of rotatable bonds is 7. The van der Waals surface area contributed by atoms with Crippen LogP contribution in [-0.2, 0) is 15.0 Å². The summed E-state index contributed by atoms with van der Waals surface area (Å²) in [7, 11) is 1.50. The Kier molecular flexibility index (Phi) is 6.98. The van der Waals surface area contributed by atoms with E-state index < -0.39 is 23.8 Å². The van der Waals surface area contributed by atoms with E-state index in [0.717, 1.165) is 5.56 Å². The van der Waals surface area contributed by atoms with Crippen LogP contribution in [0.3, 0.4) is 0 Å². The van der Waals surface area contributed by atoms with E-state index in [1.54, 1.807) is 36.4 Å². The molecule has 0 aliphatic carbocycles. The number of hydrogen-bond acceptors (Lipinski definition) is 4. The standard InChI is InChI=1S/C22H26N2O5/c1-22(2,3)16-9-5-15(6-10-16)20(26)23-13-18(25)24-19(21(27)28)14-7-11-17(29-4)12-8-14/h5-12,19H,13H2,1-4H3,(H,23,26)(H,24,25)(H,27,28). The van der Waals surface area contributed by atoms with Crippen molar-refractivity contribution in [2.75, 3.05) is 13.7 Å². The van der Waals surface area contributed by atoms with Crippen molar-refractivity contribution in [2.24, 2.45) is 0 Å². The molecule has 2 amide bonds. The first kappa shape index (κ1) is 21.9. The van der Waals surface area contributed by atoms with E-state index in [-0.39, 0.29) is 12.0 Å². The Morgan fingerprint density at radius 3 is 2.07 bits per heavy atom. The van der Waals surface area contributed by atoms with Gasteiger partial charge >= 0.3 is 5.97 Å². The van der Waals surface area contributed by atoms with Crippen LogP contribution < -0.4 is 15.4 Å². The minimum atomic E-state index is -1.23. The minimum Gasteiger partial charge on any atom is -0.497 e. The molecular formula is C22H26N2O5. The third kappa shape index (κ3) is 6.07. The van der Waals surface area contributed by atoms with Crippen LogP contribution in [0.25, 0.3) is 0 Å². The summed E-state index contributed by atoms with van der Waals surface area (Å²) in [5.74, 6) is -1.63. The van der Waals surface area contributed by atoms with Gasteiger partial charge in [0, 0.05) is 5.56 Å². The number of benzene rings is 2. The van der Waals surface area contributed by atoms with Crippen LogP contribution in [0, 0.1) is 0 Å². The van der Waals surface area contributed by atoms with Crippen LogP contribution in [0.2, 0.25) is 0 Å². The van der Waals surface area contributed by atoms with Gasteiger partial charge in [0.25, 0.3) is 5.91 Å². The highest BCUT2D eigenvalue weighted by atomic mass is 16.5. The normalized spacial score (nSPS) is 12.0. The Morgan fingerprint density at radius 1 is 1.00 bits per heavy atom. The SMILES string of the molecule is COc1ccc(C(NC(=O)CNC(=O)c2ccc(C(C)(C)C)cc2)C(=O)O)cc1. The lowest BCUT2D eigenvalue weighted by Gasteiger charge is -2.19. The maximum Gasteiger partial charge on any atom is 0.330 e. The number of amides is 2. The van der Waals surface area contributed by atoms with Gasteiger partial charge in [-0.1, -0.05) is 45.0 Å². The summed E-state index contributed by atoms with van der Waals surface area (Å²) < 4.78 is 5.04. The molecule has 0 heterocycles. The smallest absolute Gasteiger partial charge is 0.330 e. The fourth-order valence-corrected chi connectivity index (χ4v) is 2.68. The van der Waals surface area contributed by atoms with Crippen molar-refractivity contribution in [1.29, 1.82) is 0 Å². The molecule has 3 N–H and O–H groups in total. The predicted molar refractivity (Wildman–Crippen MR) is 109 cm³/mol. The summed E-state index contributed by atoms with van der Waals surface area (Å²) in [6, 6.07) is 12.3. The molecule has 0 fully saturated rings. The predicted octanol–water partition coefficient (Wildman–Crippen LogP) is 2.66. The molecule has 1 atom stereocenters. The Bertz CT molecular complexity index is 868. The van der Waals surface area contributed by atoms with Gasteiger partial charge in [0.2, 0.25) is 5.91 Å². The van der Waals surface area contributed by atoms with Gasteiger partial charge in [-0.2, -0.15) is 0 Å². The second-order valence-electron chi connectivity index (χ2n) is 7.62. The number of aliphatic carboxylic acids is 1. The molecule has 2 rings (SSSR count). The summed E-state index contributed by atoms with van der Waals surface area (Å²) in [6.07, 6.45) is 0.